The van der Waals surface area contributed by atoms with Crippen LogP contribution >= 0.6 is 23.2 Å². The molecule has 2 aromatic heterocycles. The number of fused-ring (bicyclic) bond motifs is 1. The van der Waals surface area contributed by atoms with Gasteiger partial charge in [0.25, 0.3) is 5.91 Å². The Bertz CT molecular complexity index is 1770. The summed E-state index contributed by atoms with van der Waals surface area (Å²) in [7, 11) is 1.88. The van der Waals surface area contributed by atoms with E-state index in [1.165, 1.54) is 4.90 Å². The van der Waals surface area contributed by atoms with E-state index in [9.17, 15) is 14.4 Å². The Balaban J connectivity index is 1.47. The van der Waals surface area contributed by atoms with Gasteiger partial charge in [0.15, 0.2) is 0 Å². The van der Waals surface area contributed by atoms with Crippen LogP contribution < -0.4 is 10.1 Å². The SMILES string of the molecule is Cc1cc(OCCCc2c(C(=O)N[C@H]3CCN(C(=O)C(=O)O)C3)[nH]c3c(-c4c(C)nn(C)c4C)c(Cl)ccc23)cc(C)c1Cl. The number of halogens is 2. The van der Waals surface area contributed by atoms with E-state index in [0.717, 1.165) is 60.9 Å². The molecule has 0 unspecified atom stereocenters. The molecule has 0 bridgehead atoms. The summed E-state index contributed by atoms with van der Waals surface area (Å²) in [5.74, 6) is -2.08. The van der Waals surface area contributed by atoms with Crippen molar-refractivity contribution in [2.75, 3.05) is 19.7 Å². The van der Waals surface area contributed by atoms with Gasteiger partial charge in [0.2, 0.25) is 0 Å². The molecule has 12 heteroatoms. The number of amides is 2. The van der Waals surface area contributed by atoms with Crippen molar-refractivity contribution in [1.29, 1.82) is 0 Å². The maximum absolute atomic E-state index is 13.8. The minimum absolute atomic E-state index is 0.130. The molecule has 3 N–H and O–H groups in total. The van der Waals surface area contributed by atoms with E-state index in [1.807, 2.05) is 59.0 Å². The van der Waals surface area contributed by atoms with Crippen LogP contribution in [0, 0.1) is 27.7 Å². The van der Waals surface area contributed by atoms with E-state index in [4.69, 9.17) is 33.0 Å². The van der Waals surface area contributed by atoms with Crippen LogP contribution in [-0.2, 0) is 23.1 Å². The molecule has 44 heavy (non-hydrogen) atoms. The van der Waals surface area contributed by atoms with Crippen LogP contribution in [0.2, 0.25) is 10.0 Å². The molecule has 0 aliphatic carbocycles. The third-order valence-corrected chi connectivity index (χ3v) is 9.17. The first-order chi connectivity index (χ1) is 20.9. The second-order valence-electron chi connectivity index (χ2n) is 11.3. The fraction of sp³-hybridized carbons (Fsp3) is 0.375. The molecule has 1 saturated heterocycles. The van der Waals surface area contributed by atoms with Crippen LogP contribution in [0.25, 0.3) is 22.0 Å². The number of nitrogens with zero attached hydrogens (tertiary/aromatic N) is 3. The second-order valence-corrected chi connectivity index (χ2v) is 12.1. The lowest BCUT2D eigenvalue weighted by Gasteiger charge is -2.15. The lowest BCUT2D eigenvalue weighted by atomic mass is 9.98. The van der Waals surface area contributed by atoms with Gasteiger partial charge in [-0.3, -0.25) is 14.3 Å². The number of rotatable bonds is 8. The fourth-order valence-corrected chi connectivity index (χ4v) is 6.37. The summed E-state index contributed by atoms with van der Waals surface area (Å²) in [4.78, 5) is 41.5. The summed E-state index contributed by atoms with van der Waals surface area (Å²) in [5.41, 5.74) is 7.26. The van der Waals surface area contributed by atoms with Crippen LogP contribution in [0.4, 0.5) is 0 Å². The van der Waals surface area contributed by atoms with Crippen molar-refractivity contribution in [2.45, 2.75) is 53.0 Å². The first kappa shape index (κ1) is 31.4. The number of carbonyl (C=O) groups is 3. The maximum Gasteiger partial charge on any atom is 0.394 e. The highest BCUT2D eigenvalue weighted by Gasteiger charge is 2.32. The third-order valence-electron chi connectivity index (χ3n) is 8.26. The van der Waals surface area contributed by atoms with Gasteiger partial charge >= 0.3 is 11.9 Å². The number of hydrogen-bond acceptors (Lipinski definition) is 5. The van der Waals surface area contributed by atoms with Gasteiger partial charge in [-0.15, -0.1) is 0 Å². The third kappa shape index (κ3) is 6.01. The molecule has 0 radical (unpaired) electrons. The highest BCUT2D eigenvalue weighted by atomic mass is 35.5. The Hall–Kier alpha value is -4.02. The van der Waals surface area contributed by atoms with E-state index >= 15 is 0 Å². The van der Waals surface area contributed by atoms with E-state index in [1.54, 1.807) is 4.68 Å². The van der Waals surface area contributed by atoms with Crippen molar-refractivity contribution in [3.05, 3.63) is 68.1 Å². The molecule has 10 nitrogen and oxygen atoms in total. The zero-order valence-electron chi connectivity index (χ0n) is 25.3. The number of hydrogen-bond donors (Lipinski definition) is 3. The number of carbonyl (C=O) groups excluding carboxylic acids is 2. The second kappa shape index (κ2) is 12.5. The molecular weight excluding hydrogens is 605 g/mol. The van der Waals surface area contributed by atoms with Gasteiger partial charge in [-0.05, 0) is 81.8 Å². The summed E-state index contributed by atoms with van der Waals surface area (Å²) < 4.78 is 7.86. The van der Waals surface area contributed by atoms with E-state index in [-0.39, 0.29) is 25.0 Å². The van der Waals surface area contributed by atoms with Crippen LogP contribution in [0.15, 0.2) is 24.3 Å². The van der Waals surface area contributed by atoms with Crippen molar-refractivity contribution in [2.24, 2.45) is 7.05 Å². The number of aliphatic carboxylic acids is 1. The van der Waals surface area contributed by atoms with Crippen LogP contribution in [0.1, 0.15) is 51.4 Å². The highest BCUT2D eigenvalue weighted by molar-refractivity contribution is 6.35. The summed E-state index contributed by atoms with van der Waals surface area (Å²) in [6, 6.07) is 7.20. The zero-order chi connectivity index (χ0) is 31.9. The normalized spacial score (nSPS) is 14.8. The quantitative estimate of drug-likeness (QED) is 0.172. The monoisotopic (exact) mass is 639 g/mol. The number of ether oxygens (including phenoxy) is 1. The molecule has 1 aliphatic rings. The van der Waals surface area contributed by atoms with Crippen molar-refractivity contribution >= 4 is 51.9 Å². The Morgan fingerprint density at radius 1 is 1.11 bits per heavy atom. The molecule has 0 spiro atoms. The Kier molecular flexibility index (Phi) is 8.95. The molecule has 1 fully saturated rings. The van der Waals surface area contributed by atoms with Gasteiger partial charge in [-0.25, -0.2) is 4.79 Å². The Morgan fingerprint density at radius 2 is 1.82 bits per heavy atom. The highest BCUT2D eigenvalue weighted by Crippen LogP contribution is 2.40. The molecule has 1 aliphatic heterocycles. The van der Waals surface area contributed by atoms with Crippen molar-refractivity contribution < 1.29 is 24.2 Å². The standard InChI is InChI=1S/C32H35Cl2N5O5/c1-16-13-21(14-17(2)27(16)34)44-12-6-7-22-23-8-9-24(33)26(25-18(3)37-38(5)19(25)4)28(23)36-29(22)30(40)35-20-10-11-39(15-20)31(41)32(42)43/h8-9,13-14,20,36H,6-7,10-12,15H2,1-5H3,(H,35,40)(H,42,43)/t20-/m0/s1. The molecule has 5 rings (SSSR count). The molecular formula is C32H35Cl2N5O5. The predicted octanol–water partition coefficient (Wildman–Crippen LogP) is 5.54. The van der Waals surface area contributed by atoms with Crippen LogP contribution in [-0.4, -0.2) is 68.3 Å². The molecule has 2 amide bonds. The predicted molar refractivity (Wildman–Crippen MR) is 170 cm³/mol. The number of carboxylic acid groups (broad SMARTS) is 1. The van der Waals surface area contributed by atoms with Crippen molar-refractivity contribution in [3.63, 3.8) is 0 Å². The number of likely N-dealkylation sites (tertiary alicyclic amines) is 1. The Labute approximate surface area is 265 Å². The lowest BCUT2D eigenvalue weighted by Crippen LogP contribution is -2.40. The number of aromatic nitrogens is 3. The van der Waals surface area contributed by atoms with Crippen LogP contribution in [0.5, 0.6) is 5.75 Å². The number of carboxylic acids is 1. The van der Waals surface area contributed by atoms with E-state index in [0.29, 0.717) is 36.6 Å². The van der Waals surface area contributed by atoms with Gasteiger partial charge in [0.1, 0.15) is 11.4 Å². The molecule has 0 saturated carbocycles. The first-order valence-electron chi connectivity index (χ1n) is 14.4. The number of H-pyrrole nitrogens is 1. The number of nitrogens with one attached hydrogen (secondary N) is 2. The minimum Gasteiger partial charge on any atom is -0.494 e. The minimum atomic E-state index is -1.51. The van der Waals surface area contributed by atoms with Gasteiger partial charge in [-0.1, -0.05) is 29.3 Å². The number of benzene rings is 2. The van der Waals surface area contributed by atoms with E-state index < -0.39 is 11.9 Å². The summed E-state index contributed by atoms with van der Waals surface area (Å²) in [6.07, 6.45) is 1.62. The van der Waals surface area contributed by atoms with E-state index in [2.05, 4.69) is 15.4 Å². The first-order valence-corrected chi connectivity index (χ1v) is 15.2. The molecule has 4 aromatic rings. The number of aromatic amines is 1. The Morgan fingerprint density at radius 3 is 2.45 bits per heavy atom. The zero-order valence-corrected chi connectivity index (χ0v) is 26.8. The number of aryl methyl sites for hydroxylation is 5. The summed E-state index contributed by atoms with van der Waals surface area (Å²) >= 11 is 13.1. The van der Waals surface area contributed by atoms with Crippen molar-refractivity contribution in [3.8, 4) is 16.9 Å². The topological polar surface area (TPSA) is 130 Å². The molecule has 3 heterocycles. The summed E-state index contributed by atoms with van der Waals surface area (Å²) in [5, 5.41) is 18.8. The molecule has 232 valence electrons. The average molecular weight is 641 g/mol. The average Bonchev–Trinajstić information content (AvgIpc) is 3.65. The van der Waals surface area contributed by atoms with Crippen LogP contribution in [0.3, 0.4) is 0 Å². The fourth-order valence-electron chi connectivity index (χ4n) is 6.01. The summed E-state index contributed by atoms with van der Waals surface area (Å²) in [6.45, 7) is 8.59. The smallest absolute Gasteiger partial charge is 0.394 e. The molecule has 1 atom stereocenters. The van der Waals surface area contributed by atoms with Gasteiger partial charge in [0, 0.05) is 53.4 Å². The molecule has 2 aromatic carbocycles. The van der Waals surface area contributed by atoms with Gasteiger partial charge in [-0.2, -0.15) is 5.10 Å². The van der Waals surface area contributed by atoms with Gasteiger partial charge < -0.3 is 25.0 Å². The largest absolute Gasteiger partial charge is 0.494 e. The van der Waals surface area contributed by atoms with Gasteiger partial charge in [0.05, 0.1) is 22.8 Å². The lowest BCUT2D eigenvalue weighted by molar-refractivity contribution is -0.155. The maximum atomic E-state index is 13.8. The van der Waals surface area contributed by atoms with Crippen molar-refractivity contribution in [1.82, 2.24) is 25.0 Å².